The predicted molar refractivity (Wildman–Crippen MR) is 43.4 cm³/mol. The lowest BCUT2D eigenvalue weighted by Gasteiger charge is -2.11. The summed E-state index contributed by atoms with van der Waals surface area (Å²) in [6.07, 6.45) is 2.03. The molecule has 60 valence electrons. The monoisotopic (exact) mass is 150 g/mol. The van der Waals surface area contributed by atoms with Gasteiger partial charge in [-0.05, 0) is 18.3 Å². The molecule has 0 bridgehead atoms. The van der Waals surface area contributed by atoms with Crippen molar-refractivity contribution in [1.82, 2.24) is 0 Å². The third kappa shape index (κ3) is 5.43. The lowest BCUT2D eigenvalue weighted by Crippen LogP contribution is -2.02. The van der Waals surface area contributed by atoms with Crippen molar-refractivity contribution in [3.05, 3.63) is 0 Å². The molecule has 11 heavy (non-hydrogen) atoms. The van der Waals surface area contributed by atoms with Crippen molar-refractivity contribution in [1.29, 1.82) is 10.5 Å². The molecule has 2 heteroatoms. The van der Waals surface area contributed by atoms with E-state index >= 15 is 0 Å². The van der Waals surface area contributed by atoms with E-state index < -0.39 is 0 Å². The molecular weight excluding hydrogens is 136 g/mol. The normalized spacial score (nSPS) is 9.64. The average molecular weight is 150 g/mol. The van der Waals surface area contributed by atoms with E-state index in [1.165, 1.54) is 0 Å². The van der Waals surface area contributed by atoms with Crippen molar-refractivity contribution in [2.24, 2.45) is 11.8 Å². The van der Waals surface area contributed by atoms with Gasteiger partial charge in [-0.2, -0.15) is 10.5 Å². The smallest absolute Gasteiger partial charge is 0.0625 e. The average Bonchev–Trinajstić information content (AvgIpc) is 1.87. The van der Waals surface area contributed by atoms with Gasteiger partial charge >= 0.3 is 0 Å². The van der Waals surface area contributed by atoms with Crippen LogP contribution in [0.5, 0.6) is 0 Å². The number of rotatable bonds is 4. The minimum absolute atomic E-state index is 0.282. The minimum Gasteiger partial charge on any atom is -0.198 e. The molecule has 0 unspecified atom stereocenters. The molecule has 0 aromatic rings. The van der Waals surface area contributed by atoms with E-state index in [0.717, 1.165) is 6.42 Å². The maximum Gasteiger partial charge on any atom is 0.0625 e. The van der Waals surface area contributed by atoms with Crippen molar-refractivity contribution in [3.63, 3.8) is 0 Å². The molecule has 0 rings (SSSR count). The molecule has 0 aliphatic carbocycles. The van der Waals surface area contributed by atoms with Crippen LogP contribution >= 0.6 is 0 Å². The van der Waals surface area contributed by atoms with Crippen molar-refractivity contribution in [2.45, 2.75) is 33.1 Å². The van der Waals surface area contributed by atoms with Gasteiger partial charge in [-0.15, -0.1) is 0 Å². The van der Waals surface area contributed by atoms with E-state index in [4.69, 9.17) is 10.5 Å². The van der Waals surface area contributed by atoms with E-state index in [9.17, 15) is 0 Å². The van der Waals surface area contributed by atoms with E-state index in [1.807, 2.05) is 0 Å². The number of nitrogens with zero attached hydrogens (tertiary/aromatic N) is 2. The molecule has 0 aliphatic rings. The van der Waals surface area contributed by atoms with Gasteiger partial charge in [0, 0.05) is 12.8 Å². The second-order valence-electron chi connectivity index (χ2n) is 3.22. The van der Waals surface area contributed by atoms with Gasteiger partial charge in [0.15, 0.2) is 0 Å². The minimum atomic E-state index is 0.282. The van der Waals surface area contributed by atoms with Crippen LogP contribution in [0.2, 0.25) is 0 Å². The van der Waals surface area contributed by atoms with Crippen LogP contribution in [0.3, 0.4) is 0 Å². The Morgan fingerprint density at radius 2 is 1.55 bits per heavy atom. The van der Waals surface area contributed by atoms with E-state index in [1.54, 1.807) is 0 Å². The largest absolute Gasteiger partial charge is 0.198 e. The van der Waals surface area contributed by atoms with Crippen LogP contribution in [0.25, 0.3) is 0 Å². The molecule has 0 saturated heterocycles. The van der Waals surface area contributed by atoms with Gasteiger partial charge in [0.05, 0.1) is 12.1 Å². The summed E-state index contributed by atoms with van der Waals surface area (Å²) >= 11 is 0. The highest BCUT2D eigenvalue weighted by Crippen LogP contribution is 2.17. The summed E-state index contributed by atoms with van der Waals surface area (Å²) in [5.41, 5.74) is 0. The molecule has 0 aliphatic heterocycles. The number of nitriles is 2. The summed E-state index contributed by atoms with van der Waals surface area (Å²) in [6.45, 7) is 4.23. The van der Waals surface area contributed by atoms with Crippen LogP contribution in [0.1, 0.15) is 33.1 Å². The van der Waals surface area contributed by atoms with Crippen LogP contribution < -0.4 is 0 Å². The first-order chi connectivity index (χ1) is 5.20. The summed E-state index contributed by atoms with van der Waals surface area (Å²) in [7, 11) is 0. The van der Waals surface area contributed by atoms with Crippen LogP contribution in [-0.2, 0) is 0 Å². The summed E-state index contributed by atoms with van der Waals surface area (Å²) in [6, 6.07) is 4.21. The van der Waals surface area contributed by atoms with Gasteiger partial charge < -0.3 is 0 Å². The van der Waals surface area contributed by atoms with Gasteiger partial charge in [-0.1, -0.05) is 13.8 Å². The van der Waals surface area contributed by atoms with Gasteiger partial charge in [-0.25, -0.2) is 0 Å². The van der Waals surface area contributed by atoms with Gasteiger partial charge in [0.25, 0.3) is 0 Å². The molecule has 0 fully saturated rings. The molecule has 0 amide bonds. The fraction of sp³-hybridized carbons (Fsp3) is 0.778. The zero-order chi connectivity index (χ0) is 8.69. The lowest BCUT2D eigenvalue weighted by atomic mass is 9.92. The van der Waals surface area contributed by atoms with Crippen molar-refractivity contribution in [3.8, 4) is 12.1 Å². The zero-order valence-corrected chi connectivity index (χ0v) is 7.17. The van der Waals surface area contributed by atoms with Crippen molar-refractivity contribution in [2.75, 3.05) is 0 Å². The zero-order valence-electron chi connectivity index (χ0n) is 7.17. The van der Waals surface area contributed by atoms with E-state index in [2.05, 4.69) is 26.0 Å². The first kappa shape index (κ1) is 9.98. The Bertz CT molecular complexity index is 155. The summed E-state index contributed by atoms with van der Waals surface area (Å²) < 4.78 is 0. The molecule has 0 atom stereocenters. The predicted octanol–water partition coefficient (Wildman–Crippen LogP) is 2.48. The molecule has 2 nitrogen and oxygen atoms in total. The molecule has 0 heterocycles. The van der Waals surface area contributed by atoms with Crippen LogP contribution in [0.4, 0.5) is 0 Å². The van der Waals surface area contributed by atoms with Crippen molar-refractivity contribution < 1.29 is 0 Å². The summed E-state index contributed by atoms with van der Waals surface area (Å²) in [5, 5.41) is 16.8. The summed E-state index contributed by atoms with van der Waals surface area (Å²) in [5.74, 6) is 0.867. The molecule has 0 aromatic heterocycles. The quantitative estimate of drug-likeness (QED) is 0.618. The standard InChI is InChI=1S/C9H14N2/c1-8(2)7-9(3-5-10)4-6-11/h8-9H,3-4,7H2,1-2H3. The Kier molecular flexibility index (Phi) is 5.21. The number of hydrogen-bond acceptors (Lipinski definition) is 2. The maximum atomic E-state index is 8.42. The highest BCUT2D eigenvalue weighted by Gasteiger charge is 2.09. The Hall–Kier alpha value is -1.02. The maximum absolute atomic E-state index is 8.42. The van der Waals surface area contributed by atoms with Crippen LogP contribution in [0.15, 0.2) is 0 Å². The second kappa shape index (κ2) is 5.74. The van der Waals surface area contributed by atoms with Gasteiger partial charge in [0.1, 0.15) is 0 Å². The Labute approximate surface area is 68.4 Å². The molecule has 0 radical (unpaired) electrons. The third-order valence-electron chi connectivity index (χ3n) is 1.56. The van der Waals surface area contributed by atoms with Crippen LogP contribution in [-0.4, -0.2) is 0 Å². The first-order valence-corrected chi connectivity index (χ1v) is 3.94. The Balaban J connectivity index is 3.73. The van der Waals surface area contributed by atoms with Crippen molar-refractivity contribution >= 4 is 0 Å². The van der Waals surface area contributed by atoms with Crippen LogP contribution in [0, 0.1) is 34.5 Å². The molecule has 0 spiro atoms. The fourth-order valence-electron chi connectivity index (χ4n) is 1.16. The fourth-order valence-corrected chi connectivity index (χ4v) is 1.16. The Morgan fingerprint density at radius 1 is 1.09 bits per heavy atom. The molecule has 0 aromatic carbocycles. The topological polar surface area (TPSA) is 47.6 Å². The highest BCUT2D eigenvalue weighted by atomic mass is 14.3. The SMILES string of the molecule is CC(C)CC(CC#N)CC#N. The molecule has 0 saturated carbocycles. The third-order valence-corrected chi connectivity index (χ3v) is 1.56. The summed E-state index contributed by atoms with van der Waals surface area (Å²) in [4.78, 5) is 0. The van der Waals surface area contributed by atoms with Gasteiger partial charge in [0.2, 0.25) is 0 Å². The number of hydrogen-bond donors (Lipinski definition) is 0. The second-order valence-corrected chi connectivity index (χ2v) is 3.22. The Morgan fingerprint density at radius 3 is 1.82 bits per heavy atom. The molecular formula is C9H14N2. The first-order valence-electron chi connectivity index (χ1n) is 3.94. The van der Waals surface area contributed by atoms with Gasteiger partial charge in [-0.3, -0.25) is 0 Å². The highest BCUT2D eigenvalue weighted by molar-refractivity contribution is 4.83. The lowest BCUT2D eigenvalue weighted by molar-refractivity contribution is 0.422. The molecule has 0 N–H and O–H groups in total. The van der Waals surface area contributed by atoms with E-state index in [0.29, 0.717) is 18.8 Å². The van der Waals surface area contributed by atoms with E-state index in [-0.39, 0.29) is 5.92 Å².